The van der Waals surface area contributed by atoms with Crippen LogP contribution in [0.1, 0.15) is 13.0 Å². The number of sulfone groups is 1. The van der Waals surface area contributed by atoms with Crippen molar-refractivity contribution < 1.29 is 18.3 Å². The first-order chi connectivity index (χ1) is 9.29. The predicted octanol–water partition coefficient (Wildman–Crippen LogP) is 1.60. The van der Waals surface area contributed by atoms with Gasteiger partial charge in [-0.25, -0.2) is 13.2 Å². The highest BCUT2D eigenvalue weighted by molar-refractivity contribution is 7.90. The lowest BCUT2D eigenvalue weighted by molar-refractivity contribution is -0.140. The summed E-state index contributed by atoms with van der Waals surface area (Å²) < 4.78 is 24.1. The molecule has 0 amide bonds. The van der Waals surface area contributed by atoms with Gasteiger partial charge in [-0.15, -0.1) is 0 Å². The van der Waals surface area contributed by atoms with E-state index in [1.54, 1.807) is 24.5 Å². The largest absolute Gasteiger partial charge is 0.480 e. The van der Waals surface area contributed by atoms with Crippen LogP contribution in [0.4, 0.5) is 0 Å². The van der Waals surface area contributed by atoms with Crippen LogP contribution in [0.2, 0.25) is 0 Å². The van der Waals surface area contributed by atoms with Crippen molar-refractivity contribution in [2.24, 2.45) is 0 Å². The van der Waals surface area contributed by atoms with Crippen molar-refractivity contribution in [1.29, 1.82) is 0 Å². The van der Waals surface area contributed by atoms with Gasteiger partial charge in [0, 0.05) is 18.0 Å². The summed E-state index contributed by atoms with van der Waals surface area (Å²) in [6.45, 7) is 1.53. The molecule has 0 aliphatic carbocycles. The minimum atomic E-state index is -3.22. The zero-order chi connectivity index (χ0) is 14.9. The van der Waals surface area contributed by atoms with E-state index in [1.165, 1.54) is 23.7 Å². The van der Waals surface area contributed by atoms with Crippen LogP contribution in [0, 0.1) is 0 Å². The molecule has 0 aliphatic heterocycles. The smallest absolute Gasteiger partial charge is 0.328 e. The standard InChI is InChI=1S/C13H14N2O4S/c1-9(13(16)17)15-8-11(7-14-15)10-3-5-12(6-4-10)20(2,18)19/h3-9H,1-2H3,(H,16,17). The summed E-state index contributed by atoms with van der Waals surface area (Å²) in [5.41, 5.74) is 1.51. The summed E-state index contributed by atoms with van der Waals surface area (Å²) in [5, 5.41) is 12.9. The van der Waals surface area contributed by atoms with Crippen molar-refractivity contribution in [1.82, 2.24) is 9.78 Å². The van der Waals surface area contributed by atoms with Crippen LogP contribution in [0.25, 0.3) is 11.1 Å². The fraction of sp³-hybridized carbons (Fsp3) is 0.231. The fourth-order valence-corrected chi connectivity index (χ4v) is 2.34. The van der Waals surface area contributed by atoms with E-state index in [4.69, 9.17) is 5.11 Å². The summed E-state index contributed by atoms with van der Waals surface area (Å²) in [6, 6.07) is 5.62. The van der Waals surface area contributed by atoms with Crippen LogP contribution in [0.5, 0.6) is 0 Å². The number of carboxylic acids is 1. The third-order valence-electron chi connectivity index (χ3n) is 2.97. The highest BCUT2D eigenvalue weighted by atomic mass is 32.2. The summed E-state index contributed by atoms with van der Waals surface area (Å²) in [7, 11) is -3.22. The molecule has 106 valence electrons. The maximum atomic E-state index is 11.4. The molecule has 1 atom stereocenters. The van der Waals surface area contributed by atoms with Gasteiger partial charge in [-0.1, -0.05) is 12.1 Å². The van der Waals surface area contributed by atoms with E-state index in [0.29, 0.717) is 0 Å². The van der Waals surface area contributed by atoms with Crippen LogP contribution in [0.3, 0.4) is 0 Å². The van der Waals surface area contributed by atoms with Crippen molar-refractivity contribution in [3.63, 3.8) is 0 Å². The van der Waals surface area contributed by atoms with Crippen LogP contribution in [-0.2, 0) is 14.6 Å². The number of hydrogen-bond donors (Lipinski definition) is 1. The highest BCUT2D eigenvalue weighted by Gasteiger charge is 2.15. The number of aromatic nitrogens is 2. The van der Waals surface area contributed by atoms with Gasteiger partial charge in [-0.2, -0.15) is 5.10 Å². The third-order valence-corrected chi connectivity index (χ3v) is 4.10. The van der Waals surface area contributed by atoms with Gasteiger partial charge in [-0.05, 0) is 24.6 Å². The van der Waals surface area contributed by atoms with Crippen molar-refractivity contribution in [2.45, 2.75) is 17.9 Å². The molecule has 0 bridgehead atoms. The average molecular weight is 294 g/mol. The van der Waals surface area contributed by atoms with E-state index in [2.05, 4.69) is 5.10 Å². The molecule has 0 saturated heterocycles. The quantitative estimate of drug-likeness (QED) is 0.925. The number of aliphatic carboxylic acids is 1. The zero-order valence-electron chi connectivity index (χ0n) is 11.0. The first-order valence-electron chi connectivity index (χ1n) is 5.86. The molecule has 0 aliphatic rings. The molecule has 20 heavy (non-hydrogen) atoms. The van der Waals surface area contributed by atoms with E-state index in [9.17, 15) is 13.2 Å². The number of benzene rings is 1. The normalized spacial score (nSPS) is 13.1. The molecule has 6 nitrogen and oxygen atoms in total. The van der Waals surface area contributed by atoms with Crippen LogP contribution >= 0.6 is 0 Å². The molecule has 0 radical (unpaired) electrons. The second kappa shape index (κ2) is 5.09. The van der Waals surface area contributed by atoms with E-state index < -0.39 is 21.8 Å². The summed E-state index contributed by atoms with van der Waals surface area (Å²) in [5.74, 6) is -0.966. The van der Waals surface area contributed by atoms with Gasteiger partial charge in [0.2, 0.25) is 0 Å². The Hall–Kier alpha value is -2.15. The molecule has 0 fully saturated rings. The molecule has 1 unspecified atom stereocenters. The number of hydrogen-bond acceptors (Lipinski definition) is 4. The molecule has 1 N–H and O–H groups in total. The van der Waals surface area contributed by atoms with Gasteiger partial charge in [0.25, 0.3) is 0 Å². The second-order valence-electron chi connectivity index (χ2n) is 4.52. The Labute approximate surface area is 116 Å². The minimum Gasteiger partial charge on any atom is -0.480 e. The Balaban J connectivity index is 2.31. The monoisotopic (exact) mass is 294 g/mol. The lowest BCUT2D eigenvalue weighted by Crippen LogP contribution is -2.15. The molecule has 1 aromatic heterocycles. The molecular weight excluding hydrogens is 280 g/mol. The lowest BCUT2D eigenvalue weighted by Gasteiger charge is -2.05. The van der Waals surface area contributed by atoms with Crippen LogP contribution < -0.4 is 0 Å². The highest BCUT2D eigenvalue weighted by Crippen LogP contribution is 2.22. The number of carbonyl (C=O) groups is 1. The summed E-state index contributed by atoms with van der Waals surface area (Å²) >= 11 is 0. The molecule has 2 rings (SSSR count). The molecular formula is C13H14N2O4S. The zero-order valence-corrected chi connectivity index (χ0v) is 11.8. The Morgan fingerprint density at radius 1 is 1.25 bits per heavy atom. The Morgan fingerprint density at radius 3 is 2.35 bits per heavy atom. The predicted molar refractivity (Wildman–Crippen MR) is 73.1 cm³/mol. The van der Waals surface area contributed by atoms with Crippen molar-refractivity contribution in [3.05, 3.63) is 36.7 Å². The van der Waals surface area contributed by atoms with Crippen LogP contribution in [-0.4, -0.2) is 35.5 Å². The lowest BCUT2D eigenvalue weighted by atomic mass is 10.1. The number of rotatable bonds is 4. The van der Waals surface area contributed by atoms with Gasteiger partial charge in [0.05, 0.1) is 11.1 Å². The Bertz CT molecular complexity index is 732. The van der Waals surface area contributed by atoms with Gasteiger partial charge < -0.3 is 5.11 Å². The molecule has 7 heteroatoms. The SMILES string of the molecule is CC(C(=O)O)n1cc(-c2ccc(S(C)(=O)=O)cc2)cn1. The maximum Gasteiger partial charge on any atom is 0.328 e. The van der Waals surface area contributed by atoms with E-state index >= 15 is 0 Å². The van der Waals surface area contributed by atoms with E-state index in [1.807, 2.05) is 0 Å². The van der Waals surface area contributed by atoms with Gasteiger partial charge in [0.1, 0.15) is 6.04 Å². The fourth-order valence-electron chi connectivity index (χ4n) is 1.71. The number of carboxylic acid groups (broad SMARTS) is 1. The number of nitrogens with zero attached hydrogens (tertiary/aromatic N) is 2. The van der Waals surface area contributed by atoms with Gasteiger partial charge >= 0.3 is 5.97 Å². The molecule has 0 saturated carbocycles. The molecule has 0 spiro atoms. The Kier molecular flexibility index (Phi) is 3.63. The first-order valence-corrected chi connectivity index (χ1v) is 7.75. The van der Waals surface area contributed by atoms with Crippen LogP contribution in [0.15, 0.2) is 41.6 Å². The summed E-state index contributed by atoms with van der Waals surface area (Å²) in [6.07, 6.45) is 4.32. The minimum absolute atomic E-state index is 0.243. The topological polar surface area (TPSA) is 89.3 Å². The van der Waals surface area contributed by atoms with Gasteiger partial charge in [0.15, 0.2) is 9.84 Å². The van der Waals surface area contributed by atoms with E-state index in [-0.39, 0.29) is 4.90 Å². The van der Waals surface area contributed by atoms with Crippen molar-refractivity contribution >= 4 is 15.8 Å². The first kappa shape index (κ1) is 14.3. The second-order valence-corrected chi connectivity index (χ2v) is 6.54. The average Bonchev–Trinajstić information content (AvgIpc) is 2.86. The maximum absolute atomic E-state index is 11.4. The van der Waals surface area contributed by atoms with E-state index in [0.717, 1.165) is 17.4 Å². The molecule has 1 aromatic carbocycles. The molecule has 2 aromatic rings. The summed E-state index contributed by atoms with van der Waals surface area (Å²) in [4.78, 5) is 11.1. The third kappa shape index (κ3) is 2.88. The van der Waals surface area contributed by atoms with Crippen molar-refractivity contribution in [3.8, 4) is 11.1 Å². The van der Waals surface area contributed by atoms with Crippen molar-refractivity contribution in [2.75, 3.05) is 6.26 Å². The molecule has 1 heterocycles. The Morgan fingerprint density at radius 2 is 1.85 bits per heavy atom. The van der Waals surface area contributed by atoms with Gasteiger partial charge in [-0.3, -0.25) is 4.68 Å².